The molecule has 0 aromatic carbocycles. The van der Waals surface area contributed by atoms with Gasteiger partial charge in [0.05, 0.1) is 0 Å². The standard InChI is InChI=1S/C15H14O2/c16-7-3-6-10-9(7)4-1-2-5-8(4)13(10)14-11(5)15(17)12(6)14/h1-2,4-6,8-14H,3H2/t4?,5?,6?,8?,9?,10?,11?,12-,13+,14?/m0/s1. The molecular weight excluding hydrogens is 212 g/mol. The molecule has 0 heterocycles. The van der Waals surface area contributed by atoms with Crippen molar-refractivity contribution in [1.82, 2.24) is 0 Å². The van der Waals surface area contributed by atoms with Crippen LogP contribution in [0, 0.1) is 59.2 Å². The third kappa shape index (κ3) is 0.557. The second-order valence-electron chi connectivity index (χ2n) is 7.16. The maximum Gasteiger partial charge on any atom is 0.140 e. The molecule has 0 N–H and O–H groups in total. The fourth-order valence-corrected chi connectivity index (χ4v) is 7.25. The van der Waals surface area contributed by atoms with Crippen molar-refractivity contribution < 1.29 is 9.59 Å². The van der Waals surface area contributed by atoms with E-state index in [1.807, 2.05) is 0 Å². The normalized spacial score (nSPS) is 71.3. The van der Waals surface area contributed by atoms with Crippen molar-refractivity contribution in [2.24, 2.45) is 59.2 Å². The lowest BCUT2D eigenvalue weighted by Crippen LogP contribution is -2.48. The summed E-state index contributed by atoms with van der Waals surface area (Å²) in [4.78, 5) is 24.6. The zero-order valence-electron chi connectivity index (χ0n) is 9.45. The first-order valence-electron chi connectivity index (χ1n) is 7.04. The summed E-state index contributed by atoms with van der Waals surface area (Å²) in [7, 11) is 0. The van der Waals surface area contributed by atoms with Gasteiger partial charge in [0.1, 0.15) is 11.6 Å². The number of fused-ring (bicyclic) bond motifs is 3. The summed E-state index contributed by atoms with van der Waals surface area (Å²) in [5.74, 6) is 6.25. The SMILES string of the molecule is O=C1CC2C3C1C1C=CC4C5C(=O)[C@@H]2C5[C@@H]3C14. The van der Waals surface area contributed by atoms with E-state index >= 15 is 0 Å². The highest BCUT2D eigenvalue weighted by Crippen LogP contribution is 2.79. The third-order valence-electron chi connectivity index (χ3n) is 7.27. The summed E-state index contributed by atoms with van der Waals surface area (Å²) < 4.78 is 0. The van der Waals surface area contributed by atoms with Crippen molar-refractivity contribution in [3.63, 3.8) is 0 Å². The minimum Gasteiger partial charge on any atom is -0.299 e. The molecule has 0 aromatic rings. The van der Waals surface area contributed by atoms with Gasteiger partial charge in [0, 0.05) is 24.2 Å². The Bertz CT molecular complexity index is 533. The molecule has 2 heteroatoms. The highest BCUT2D eigenvalue weighted by molar-refractivity contribution is 5.96. The maximum atomic E-state index is 12.4. The number of carbonyl (C=O) groups excluding carboxylic acids is 2. The Morgan fingerprint density at radius 3 is 2.41 bits per heavy atom. The first-order valence-corrected chi connectivity index (χ1v) is 7.04. The third-order valence-corrected chi connectivity index (χ3v) is 7.27. The van der Waals surface area contributed by atoms with Gasteiger partial charge in [-0.3, -0.25) is 9.59 Å². The van der Waals surface area contributed by atoms with Crippen molar-refractivity contribution in [2.75, 3.05) is 0 Å². The van der Waals surface area contributed by atoms with Gasteiger partial charge in [-0.05, 0) is 41.4 Å². The van der Waals surface area contributed by atoms with Crippen LogP contribution in [-0.2, 0) is 9.59 Å². The molecule has 0 amide bonds. The van der Waals surface area contributed by atoms with E-state index in [-0.39, 0.29) is 0 Å². The minimum absolute atomic E-state index is 0.309. The van der Waals surface area contributed by atoms with E-state index in [2.05, 4.69) is 12.2 Å². The molecule has 0 bridgehead atoms. The molecule has 0 spiro atoms. The average molecular weight is 226 g/mol. The zero-order valence-corrected chi connectivity index (χ0v) is 9.45. The number of allylic oxidation sites excluding steroid dienone is 2. The highest BCUT2D eigenvalue weighted by atomic mass is 16.1. The van der Waals surface area contributed by atoms with Crippen LogP contribution in [-0.4, -0.2) is 11.6 Å². The molecule has 2 nitrogen and oxygen atoms in total. The Kier molecular flexibility index (Phi) is 0.998. The number of carbonyl (C=O) groups is 2. The van der Waals surface area contributed by atoms with Crippen LogP contribution in [0.25, 0.3) is 0 Å². The molecule has 6 aliphatic rings. The molecule has 0 aromatic heterocycles. The minimum atomic E-state index is 0.309. The predicted molar refractivity (Wildman–Crippen MR) is 58.7 cm³/mol. The van der Waals surface area contributed by atoms with Crippen LogP contribution in [0.1, 0.15) is 6.42 Å². The number of Topliss-reactive ketones (excluding diaryl/α,β-unsaturated/α-hetero) is 2. The molecule has 0 aliphatic heterocycles. The van der Waals surface area contributed by atoms with Crippen LogP contribution in [0.3, 0.4) is 0 Å². The van der Waals surface area contributed by atoms with Crippen LogP contribution >= 0.6 is 0 Å². The quantitative estimate of drug-likeness (QED) is 0.584. The number of ketones is 2. The molecule has 86 valence electrons. The van der Waals surface area contributed by atoms with Crippen LogP contribution < -0.4 is 0 Å². The summed E-state index contributed by atoms with van der Waals surface area (Å²) >= 11 is 0. The lowest BCUT2D eigenvalue weighted by molar-refractivity contribution is -0.143. The molecule has 17 heavy (non-hydrogen) atoms. The largest absolute Gasteiger partial charge is 0.299 e. The molecule has 10 atom stereocenters. The summed E-state index contributed by atoms with van der Waals surface area (Å²) in [6.45, 7) is 0. The van der Waals surface area contributed by atoms with Crippen molar-refractivity contribution >= 4 is 11.6 Å². The van der Waals surface area contributed by atoms with Crippen molar-refractivity contribution in [2.45, 2.75) is 6.42 Å². The predicted octanol–water partition coefficient (Wildman–Crippen LogP) is 1.31. The summed E-state index contributed by atoms with van der Waals surface area (Å²) in [5, 5.41) is 0. The summed E-state index contributed by atoms with van der Waals surface area (Å²) in [6.07, 6.45) is 5.33. The summed E-state index contributed by atoms with van der Waals surface area (Å²) in [6, 6.07) is 0. The molecule has 6 rings (SSSR count). The van der Waals surface area contributed by atoms with E-state index in [1.165, 1.54) is 0 Å². The van der Waals surface area contributed by atoms with E-state index in [0.29, 0.717) is 64.8 Å². The van der Waals surface area contributed by atoms with E-state index in [4.69, 9.17) is 0 Å². The zero-order chi connectivity index (χ0) is 11.0. The average Bonchev–Trinajstić information content (AvgIpc) is 2.96. The van der Waals surface area contributed by atoms with Gasteiger partial charge in [-0.25, -0.2) is 0 Å². The van der Waals surface area contributed by atoms with Gasteiger partial charge in [0.25, 0.3) is 0 Å². The van der Waals surface area contributed by atoms with Gasteiger partial charge in [0.2, 0.25) is 0 Å². The van der Waals surface area contributed by atoms with Crippen molar-refractivity contribution in [3.05, 3.63) is 12.2 Å². The van der Waals surface area contributed by atoms with Gasteiger partial charge < -0.3 is 0 Å². The van der Waals surface area contributed by atoms with E-state index in [1.54, 1.807) is 0 Å². The second kappa shape index (κ2) is 2.06. The maximum absolute atomic E-state index is 12.4. The molecule has 5 fully saturated rings. The Morgan fingerprint density at radius 2 is 1.59 bits per heavy atom. The summed E-state index contributed by atoms with van der Waals surface area (Å²) in [5.41, 5.74) is 0. The van der Waals surface area contributed by atoms with Gasteiger partial charge in [-0.2, -0.15) is 0 Å². The second-order valence-corrected chi connectivity index (χ2v) is 7.16. The molecule has 0 saturated heterocycles. The molecular formula is C15H14O2. The molecule has 8 unspecified atom stereocenters. The van der Waals surface area contributed by atoms with Crippen LogP contribution in [0.15, 0.2) is 12.2 Å². The van der Waals surface area contributed by atoms with Crippen LogP contribution in [0.2, 0.25) is 0 Å². The van der Waals surface area contributed by atoms with Crippen LogP contribution in [0.5, 0.6) is 0 Å². The first kappa shape index (κ1) is 8.23. The fourth-order valence-electron chi connectivity index (χ4n) is 7.25. The Morgan fingerprint density at radius 1 is 0.824 bits per heavy atom. The van der Waals surface area contributed by atoms with E-state index in [9.17, 15) is 9.59 Å². The molecule has 6 aliphatic carbocycles. The lowest BCUT2D eigenvalue weighted by Gasteiger charge is -2.40. The highest BCUT2D eigenvalue weighted by Gasteiger charge is 2.80. The van der Waals surface area contributed by atoms with Gasteiger partial charge >= 0.3 is 0 Å². The van der Waals surface area contributed by atoms with Gasteiger partial charge in [-0.15, -0.1) is 0 Å². The molecule has 0 radical (unpaired) electrons. The Hall–Kier alpha value is -0.920. The van der Waals surface area contributed by atoms with Gasteiger partial charge in [0.15, 0.2) is 0 Å². The first-order chi connectivity index (χ1) is 8.29. The van der Waals surface area contributed by atoms with Gasteiger partial charge in [-0.1, -0.05) is 12.2 Å². The topological polar surface area (TPSA) is 34.1 Å². The number of rotatable bonds is 0. The lowest BCUT2D eigenvalue weighted by atomic mass is 9.61. The Labute approximate surface area is 99.4 Å². The van der Waals surface area contributed by atoms with E-state index in [0.717, 1.165) is 12.3 Å². The van der Waals surface area contributed by atoms with Crippen LogP contribution in [0.4, 0.5) is 0 Å². The van der Waals surface area contributed by atoms with E-state index < -0.39 is 0 Å². The monoisotopic (exact) mass is 226 g/mol. The Balaban J connectivity index is 1.68. The fraction of sp³-hybridized carbons (Fsp3) is 0.733. The molecule has 5 saturated carbocycles. The number of hydrogen-bond donors (Lipinski definition) is 0. The van der Waals surface area contributed by atoms with Crippen molar-refractivity contribution in [1.29, 1.82) is 0 Å². The smallest absolute Gasteiger partial charge is 0.140 e. The van der Waals surface area contributed by atoms with Crippen molar-refractivity contribution in [3.8, 4) is 0 Å². The number of hydrogen-bond acceptors (Lipinski definition) is 2.